The maximum absolute atomic E-state index is 5.62. The second-order valence-electron chi connectivity index (χ2n) is 3.47. The maximum atomic E-state index is 5.62. The van der Waals surface area contributed by atoms with Gasteiger partial charge in [0.15, 0.2) is 5.82 Å². The summed E-state index contributed by atoms with van der Waals surface area (Å²) in [4.78, 5) is 9.68. The molecule has 0 spiro atoms. The number of nitrogens with two attached hydrogens (primary N) is 1. The first-order valence-corrected chi connectivity index (χ1v) is 5.77. The van der Waals surface area contributed by atoms with E-state index in [9.17, 15) is 0 Å². The van der Waals surface area contributed by atoms with Crippen molar-refractivity contribution >= 4 is 35.7 Å². The van der Waals surface area contributed by atoms with Crippen molar-refractivity contribution in [3.8, 4) is 0 Å². The van der Waals surface area contributed by atoms with Crippen molar-refractivity contribution < 1.29 is 0 Å². The second-order valence-corrected chi connectivity index (χ2v) is 4.50. The van der Waals surface area contributed by atoms with E-state index in [0.29, 0.717) is 6.54 Å². The summed E-state index contributed by atoms with van der Waals surface area (Å²) in [5.41, 5.74) is 7.78. The van der Waals surface area contributed by atoms with Crippen LogP contribution in [0.1, 0.15) is 5.56 Å². The average Bonchev–Trinajstić information content (AvgIpc) is 2.35. The Hall–Kier alpha value is -1.30. The van der Waals surface area contributed by atoms with E-state index in [1.165, 1.54) is 0 Å². The van der Waals surface area contributed by atoms with Crippen LogP contribution in [-0.2, 0) is 6.54 Å². The number of hydrogen-bond donors (Lipinski definition) is 2. The molecule has 6 heteroatoms. The van der Waals surface area contributed by atoms with Crippen LogP contribution in [0.15, 0.2) is 40.5 Å². The van der Waals surface area contributed by atoms with E-state index in [1.54, 1.807) is 24.2 Å². The highest BCUT2D eigenvalue weighted by Crippen LogP contribution is 2.41. The lowest BCUT2D eigenvalue weighted by molar-refractivity contribution is 1.03. The van der Waals surface area contributed by atoms with Gasteiger partial charge in [-0.1, -0.05) is 17.8 Å². The lowest BCUT2D eigenvalue weighted by Crippen LogP contribution is -2.05. The van der Waals surface area contributed by atoms with Crippen molar-refractivity contribution in [2.75, 3.05) is 5.32 Å². The van der Waals surface area contributed by atoms with E-state index in [1.807, 2.05) is 6.07 Å². The van der Waals surface area contributed by atoms with Crippen LogP contribution in [-0.4, -0.2) is 9.97 Å². The second kappa shape index (κ2) is 4.91. The Labute approximate surface area is 109 Å². The zero-order valence-electron chi connectivity index (χ0n) is 8.88. The number of fused-ring (bicyclic) bond motifs is 2. The summed E-state index contributed by atoms with van der Waals surface area (Å²) >= 11 is 1.62. The van der Waals surface area contributed by atoms with Crippen LogP contribution in [0.4, 0.5) is 11.5 Å². The molecular weight excluding hydrogens is 256 g/mol. The molecule has 0 amide bonds. The van der Waals surface area contributed by atoms with Gasteiger partial charge in [-0.05, 0) is 17.7 Å². The largest absolute Gasteiger partial charge is 0.337 e. The van der Waals surface area contributed by atoms with Gasteiger partial charge in [0.25, 0.3) is 0 Å². The van der Waals surface area contributed by atoms with E-state index >= 15 is 0 Å². The minimum absolute atomic E-state index is 0. The zero-order chi connectivity index (χ0) is 11.0. The van der Waals surface area contributed by atoms with Crippen molar-refractivity contribution in [2.24, 2.45) is 5.73 Å². The normalized spacial score (nSPS) is 11.8. The molecule has 3 N–H and O–H groups in total. The van der Waals surface area contributed by atoms with Crippen LogP contribution in [0.3, 0.4) is 0 Å². The number of aromatic nitrogens is 2. The highest BCUT2D eigenvalue weighted by Gasteiger charge is 2.17. The van der Waals surface area contributed by atoms with E-state index in [0.717, 1.165) is 27.0 Å². The van der Waals surface area contributed by atoms with E-state index in [-0.39, 0.29) is 12.4 Å². The highest BCUT2D eigenvalue weighted by molar-refractivity contribution is 7.99. The minimum Gasteiger partial charge on any atom is -0.337 e. The molecule has 1 aromatic carbocycles. The third kappa shape index (κ3) is 2.22. The fraction of sp³-hybridized carbons (Fsp3) is 0.0909. The molecule has 0 fully saturated rings. The molecule has 2 aromatic rings. The van der Waals surface area contributed by atoms with Crippen LogP contribution in [0, 0.1) is 0 Å². The van der Waals surface area contributed by atoms with Gasteiger partial charge in [-0.3, -0.25) is 0 Å². The third-order valence-electron chi connectivity index (χ3n) is 2.40. The molecule has 88 valence electrons. The smallest absolute Gasteiger partial charge is 0.163 e. The van der Waals surface area contributed by atoms with Crippen LogP contribution >= 0.6 is 24.2 Å². The van der Waals surface area contributed by atoms with Gasteiger partial charge in [0.2, 0.25) is 0 Å². The topological polar surface area (TPSA) is 63.8 Å². The van der Waals surface area contributed by atoms with Gasteiger partial charge in [0.1, 0.15) is 5.03 Å². The number of rotatable bonds is 1. The van der Waals surface area contributed by atoms with E-state index in [4.69, 9.17) is 5.73 Å². The first-order chi connectivity index (χ1) is 7.86. The summed E-state index contributed by atoms with van der Waals surface area (Å²) in [7, 11) is 0. The Balaban J connectivity index is 0.00000108. The number of nitrogens with zero attached hydrogens (tertiary/aromatic N) is 2. The van der Waals surface area contributed by atoms with Gasteiger partial charge >= 0.3 is 0 Å². The Kier molecular flexibility index (Phi) is 3.51. The van der Waals surface area contributed by atoms with Gasteiger partial charge in [-0.25, -0.2) is 9.97 Å². The van der Waals surface area contributed by atoms with E-state index in [2.05, 4.69) is 27.4 Å². The molecule has 2 heterocycles. The molecule has 4 nitrogen and oxygen atoms in total. The lowest BCUT2D eigenvalue weighted by Gasteiger charge is -2.18. The summed E-state index contributed by atoms with van der Waals surface area (Å²) in [6.07, 6.45) is 3.39. The van der Waals surface area contributed by atoms with Crippen molar-refractivity contribution in [1.29, 1.82) is 0 Å². The van der Waals surface area contributed by atoms with Gasteiger partial charge in [0, 0.05) is 23.8 Å². The molecule has 3 rings (SSSR count). The molecular formula is C11H11ClN4S. The highest BCUT2D eigenvalue weighted by atomic mass is 35.5. The molecule has 0 saturated carbocycles. The third-order valence-corrected chi connectivity index (χ3v) is 3.47. The quantitative estimate of drug-likeness (QED) is 0.709. The van der Waals surface area contributed by atoms with Crippen molar-refractivity contribution in [1.82, 2.24) is 9.97 Å². The molecule has 0 saturated heterocycles. The van der Waals surface area contributed by atoms with Gasteiger partial charge in [-0.2, -0.15) is 0 Å². The predicted octanol–water partition coefficient (Wildman–Crippen LogP) is 2.57. The molecule has 1 aliphatic heterocycles. The van der Waals surface area contributed by atoms with Crippen molar-refractivity contribution in [3.05, 3.63) is 36.2 Å². The standard InChI is InChI=1S/C11H10N4S.ClH/c12-6-7-1-2-9-8(5-7)15-10-11(16-9)14-4-3-13-10;/h1-5H,6,12H2,(H,13,15);1H. The van der Waals surface area contributed by atoms with Gasteiger partial charge in [-0.15, -0.1) is 12.4 Å². The van der Waals surface area contributed by atoms with Gasteiger partial charge < -0.3 is 11.1 Å². The summed E-state index contributed by atoms with van der Waals surface area (Å²) in [5, 5.41) is 4.18. The molecule has 0 radical (unpaired) electrons. The summed E-state index contributed by atoms with van der Waals surface area (Å²) in [5.74, 6) is 0.814. The fourth-order valence-electron chi connectivity index (χ4n) is 1.61. The van der Waals surface area contributed by atoms with Crippen molar-refractivity contribution in [3.63, 3.8) is 0 Å². The molecule has 1 aromatic heterocycles. The SMILES string of the molecule is Cl.NCc1ccc2c(c1)Nc1nccnc1S2. The first-order valence-electron chi connectivity index (χ1n) is 4.96. The Morgan fingerprint density at radius 1 is 1.24 bits per heavy atom. The number of nitrogens with one attached hydrogen (secondary N) is 1. The molecule has 17 heavy (non-hydrogen) atoms. The van der Waals surface area contributed by atoms with Crippen LogP contribution in [0.25, 0.3) is 0 Å². The number of hydrogen-bond acceptors (Lipinski definition) is 5. The number of halogens is 1. The van der Waals surface area contributed by atoms with Crippen molar-refractivity contribution in [2.45, 2.75) is 16.5 Å². The Morgan fingerprint density at radius 3 is 2.88 bits per heavy atom. The molecule has 0 aliphatic carbocycles. The zero-order valence-corrected chi connectivity index (χ0v) is 10.5. The summed E-state index contributed by atoms with van der Waals surface area (Å²) in [6, 6.07) is 6.15. The number of benzene rings is 1. The summed E-state index contributed by atoms with van der Waals surface area (Å²) < 4.78 is 0. The first kappa shape index (κ1) is 12.2. The maximum Gasteiger partial charge on any atom is 0.163 e. The predicted molar refractivity (Wildman–Crippen MR) is 71.0 cm³/mol. The molecule has 0 bridgehead atoms. The summed E-state index contributed by atoms with van der Waals surface area (Å²) in [6.45, 7) is 0.549. The van der Waals surface area contributed by atoms with Gasteiger partial charge in [0.05, 0.1) is 5.69 Å². The van der Waals surface area contributed by atoms with Crippen LogP contribution < -0.4 is 11.1 Å². The van der Waals surface area contributed by atoms with Crippen LogP contribution in [0.2, 0.25) is 0 Å². The monoisotopic (exact) mass is 266 g/mol. The van der Waals surface area contributed by atoms with Crippen LogP contribution in [0.5, 0.6) is 0 Å². The average molecular weight is 267 g/mol. The molecule has 0 atom stereocenters. The van der Waals surface area contributed by atoms with E-state index < -0.39 is 0 Å². The lowest BCUT2D eigenvalue weighted by atomic mass is 10.2. The Bertz CT molecular complexity index is 547. The molecule has 1 aliphatic rings. The minimum atomic E-state index is 0. The molecule has 0 unspecified atom stereocenters. The number of anilines is 2. The Morgan fingerprint density at radius 2 is 2.06 bits per heavy atom. The fourth-order valence-corrected chi connectivity index (χ4v) is 2.49.